The van der Waals surface area contributed by atoms with Gasteiger partial charge in [-0.25, -0.2) is 4.79 Å². The molecule has 0 saturated carbocycles. The summed E-state index contributed by atoms with van der Waals surface area (Å²) in [6, 6.07) is 5.82. The number of guanidine groups is 1. The zero-order chi connectivity index (χ0) is 16.2. The second-order valence-electron chi connectivity index (χ2n) is 5.75. The standard InChI is InChI=1S/C16H21N5O2/c17-15(18-8-9-21-14(22)10-19-16(21)23)20-13-7-3-5-11-4-1-2-6-12(11)13/h3,5,7H,1-2,4,6,8-10H2,(H,19,23)(H3,17,18,20). The van der Waals surface area contributed by atoms with Crippen LogP contribution >= 0.6 is 0 Å². The van der Waals surface area contributed by atoms with Crippen molar-refractivity contribution in [2.45, 2.75) is 25.7 Å². The number of nitrogens with zero attached hydrogens (tertiary/aromatic N) is 2. The average Bonchev–Trinajstić information content (AvgIpc) is 2.87. The summed E-state index contributed by atoms with van der Waals surface area (Å²) in [5.41, 5.74) is 9.61. The summed E-state index contributed by atoms with van der Waals surface area (Å²) in [5, 5.41) is 5.62. The number of anilines is 1. The second-order valence-corrected chi connectivity index (χ2v) is 5.75. The molecule has 3 amide bonds. The van der Waals surface area contributed by atoms with Gasteiger partial charge in [0.05, 0.1) is 19.6 Å². The van der Waals surface area contributed by atoms with Crippen molar-refractivity contribution in [1.82, 2.24) is 10.2 Å². The van der Waals surface area contributed by atoms with Crippen molar-refractivity contribution in [3.05, 3.63) is 29.3 Å². The zero-order valence-corrected chi connectivity index (χ0v) is 13.0. The summed E-state index contributed by atoms with van der Waals surface area (Å²) in [4.78, 5) is 28.2. The van der Waals surface area contributed by atoms with Gasteiger partial charge in [-0.15, -0.1) is 0 Å². The van der Waals surface area contributed by atoms with Crippen molar-refractivity contribution < 1.29 is 9.59 Å². The van der Waals surface area contributed by atoms with Gasteiger partial charge in [-0.2, -0.15) is 0 Å². The van der Waals surface area contributed by atoms with Crippen molar-refractivity contribution in [2.75, 3.05) is 25.0 Å². The highest BCUT2D eigenvalue weighted by Gasteiger charge is 2.27. The zero-order valence-electron chi connectivity index (χ0n) is 13.0. The monoisotopic (exact) mass is 315 g/mol. The first-order chi connectivity index (χ1) is 11.1. The number of benzene rings is 1. The molecule has 1 aromatic rings. The number of amides is 3. The molecule has 122 valence electrons. The number of aryl methyl sites for hydroxylation is 1. The van der Waals surface area contributed by atoms with E-state index in [2.05, 4.69) is 21.7 Å². The van der Waals surface area contributed by atoms with Gasteiger partial charge in [0.2, 0.25) is 5.91 Å². The molecule has 2 aliphatic rings. The molecule has 1 fully saturated rings. The van der Waals surface area contributed by atoms with Crippen LogP contribution in [0.5, 0.6) is 0 Å². The molecule has 1 saturated heterocycles. The van der Waals surface area contributed by atoms with E-state index in [1.54, 1.807) is 0 Å². The first-order valence-electron chi connectivity index (χ1n) is 7.91. The Balaban J connectivity index is 1.60. The van der Waals surface area contributed by atoms with E-state index < -0.39 is 0 Å². The van der Waals surface area contributed by atoms with Crippen molar-refractivity contribution >= 4 is 23.6 Å². The van der Waals surface area contributed by atoms with E-state index in [1.807, 2.05) is 12.1 Å². The van der Waals surface area contributed by atoms with Crippen molar-refractivity contribution in [2.24, 2.45) is 10.7 Å². The summed E-state index contributed by atoms with van der Waals surface area (Å²) in [7, 11) is 0. The minimum atomic E-state index is -0.367. The van der Waals surface area contributed by atoms with Crippen molar-refractivity contribution in [3.8, 4) is 0 Å². The minimum Gasteiger partial charge on any atom is -0.370 e. The van der Waals surface area contributed by atoms with Gasteiger partial charge in [0.15, 0.2) is 5.96 Å². The van der Waals surface area contributed by atoms with Gasteiger partial charge in [-0.1, -0.05) is 12.1 Å². The van der Waals surface area contributed by atoms with Gasteiger partial charge in [0.25, 0.3) is 0 Å². The lowest BCUT2D eigenvalue weighted by atomic mass is 9.90. The first kappa shape index (κ1) is 15.3. The lowest BCUT2D eigenvalue weighted by molar-refractivity contribution is -0.124. The van der Waals surface area contributed by atoms with E-state index in [1.165, 1.54) is 24.0 Å². The minimum absolute atomic E-state index is 0.0619. The largest absolute Gasteiger partial charge is 0.370 e. The topological polar surface area (TPSA) is 99.8 Å². The third-order valence-electron chi connectivity index (χ3n) is 4.20. The van der Waals surface area contributed by atoms with Crippen LogP contribution in [0.2, 0.25) is 0 Å². The molecule has 1 aliphatic heterocycles. The maximum atomic E-state index is 11.5. The number of aliphatic imine (C=N–C) groups is 1. The Bertz CT molecular complexity index is 640. The van der Waals surface area contributed by atoms with Crippen LogP contribution in [0.4, 0.5) is 10.5 Å². The van der Waals surface area contributed by atoms with Crippen molar-refractivity contribution in [3.63, 3.8) is 0 Å². The van der Waals surface area contributed by atoms with Crippen LogP contribution in [-0.4, -0.2) is 42.4 Å². The maximum absolute atomic E-state index is 11.5. The highest BCUT2D eigenvalue weighted by molar-refractivity contribution is 6.02. The molecule has 0 atom stereocenters. The average molecular weight is 315 g/mol. The van der Waals surface area contributed by atoms with Crippen LogP contribution in [0.15, 0.2) is 23.2 Å². The summed E-state index contributed by atoms with van der Waals surface area (Å²) < 4.78 is 0. The van der Waals surface area contributed by atoms with Gasteiger partial charge < -0.3 is 16.4 Å². The first-order valence-corrected chi connectivity index (χ1v) is 7.91. The number of fused-ring (bicyclic) bond motifs is 1. The smallest absolute Gasteiger partial charge is 0.324 e. The number of rotatable bonds is 4. The number of hydrogen-bond acceptors (Lipinski definition) is 3. The van der Waals surface area contributed by atoms with E-state index >= 15 is 0 Å². The number of carbonyl (C=O) groups is 2. The molecule has 23 heavy (non-hydrogen) atoms. The summed E-state index contributed by atoms with van der Waals surface area (Å²) in [6.45, 7) is 0.583. The molecule has 7 nitrogen and oxygen atoms in total. The highest BCUT2D eigenvalue weighted by atomic mass is 16.2. The summed E-state index contributed by atoms with van der Waals surface area (Å²) >= 11 is 0. The van der Waals surface area contributed by atoms with Crippen LogP contribution in [0.1, 0.15) is 24.0 Å². The van der Waals surface area contributed by atoms with Crippen LogP contribution < -0.4 is 16.4 Å². The fourth-order valence-corrected chi connectivity index (χ4v) is 3.03. The quantitative estimate of drug-likeness (QED) is 0.435. The van der Waals surface area contributed by atoms with Crippen LogP contribution in [0, 0.1) is 0 Å². The number of nitrogens with two attached hydrogens (primary N) is 1. The molecular weight excluding hydrogens is 294 g/mol. The highest BCUT2D eigenvalue weighted by Crippen LogP contribution is 2.27. The third kappa shape index (κ3) is 3.44. The molecule has 3 rings (SSSR count). The molecule has 0 aromatic heterocycles. The molecule has 0 unspecified atom stereocenters. The molecule has 1 heterocycles. The molecule has 0 spiro atoms. The van der Waals surface area contributed by atoms with Gasteiger partial charge in [0, 0.05) is 5.69 Å². The van der Waals surface area contributed by atoms with E-state index in [0.717, 1.165) is 23.4 Å². The number of urea groups is 1. The summed E-state index contributed by atoms with van der Waals surface area (Å²) in [6.07, 6.45) is 4.57. The molecule has 7 heteroatoms. The number of nitrogens with one attached hydrogen (secondary N) is 2. The lowest BCUT2D eigenvalue weighted by Crippen LogP contribution is -2.34. The second kappa shape index (κ2) is 6.68. The Hall–Kier alpha value is -2.57. The Morgan fingerprint density at radius 1 is 1.30 bits per heavy atom. The van der Waals surface area contributed by atoms with Crippen LogP contribution in [-0.2, 0) is 17.6 Å². The third-order valence-corrected chi connectivity index (χ3v) is 4.20. The van der Waals surface area contributed by atoms with E-state index in [4.69, 9.17) is 5.73 Å². The Morgan fingerprint density at radius 3 is 2.91 bits per heavy atom. The number of carbonyl (C=O) groups excluding carboxylic acids is 2. The molecule has 1 aliphatic carbocycles. The Labute approximate surface area is 134 Å². The van der Waals surface area contributed by atoms with Crippen LogP contribution in [0.25, 0.3) is 0 Å². The molecular formula is C16H21N5O2. The number of hydrogen-bond donors (Lipinski definition) is 3. The van der Waals surface area contributed by atoms with Gasteiger partial charge in [0.1, 0.15) is 0 Å². The fraction of sp³-hybridized carbons (Fsp3) is 0.438. The maximum Gasteiger partial charge on any atom is 0.324 e. The predicted molar refractivity (Wildman–Crippen MR) is 88.3 cm³/mol. The van der Waals surface area contributed by atoms with Gasteiger partial charge >= 0.3 is 6.03 Å². The number of imide groups is 1. The fourth-order valence-electron chi connectivity index (χ4n) is 3.03. The Morgan fingerprint density at radius 2 is 2.13 bits per heavy atom. The lowest BCUT2D eigenvalue weighted by Gasteiger charge is -2.20. The molecule has 4 N–H and O–H groups in total. The van der Waals surface area contributed by atoms with E-state index in [9.17, 15) is 9.59 Å². The van der Waals surface area contributed by atoms with Gasteiger partial charge in [-0.3, -0.25) is 14.7 Å². The molecule has 0 bridgehead atoms. The van der Waals surface area contributed by atoms with Gasteiger partial charge in [-0.05, 0) is 42.9 Å². The Kier molecular flexibility index (Phi) is 4.45. The molecule has 1 aromatic carbocycles. The summed E-state index contributed by atoms with van der Waals surface area (Å²) in [5.74, 6) is 0.0740. The van der Waals surface area contributed by atoms with E-state index in [0.29, 0.717) is 5.96 Å². The van der Waals surface area contributed by atoms with Crippen LogP contribution in [0.3, 0.4) is 0 Å². The predicted octanol–water partition coefficient (Wildman–Crippen LogP) is 0.844. The van der Waals surface area contributed by atoms with E-state index in [-0.39, 0.29) is 31.6 Å². The van der Waals surface area contributed by atoms with Crippen molar-refractivity contribution in [1.29, 1.82) is 0 Å². The molecule has 0 radical (unpaired) electrons. The normalized spacial score (nSPS) is 17.9. The SMILES string of the molecule is NC(=NCCN1C(=O)CNC1=O)Nc1cccc2c1CCCC2.